The average Bonchev–Trinajstić information content (AvgIpc) is 3.22. The monoisotopic (exact) mass is 384 g/mol. The minimum absolute atomic E-state index is 0.206. The van der Waals surface area contributed by atoms with Gasteiger partial charge in [-0.2, -0.15) is 4.31 Å². The van der Waals surface area contributed by atoms with E-state index in [0.717, 1.165) is 12.1 Å². The van der Waals surface area contributed by atoms with Gasteiger partial charge in [0.1, 0.15) is 0 Å². The smallest absolute Gasteiger partial charge is 0.318 e. The van der Waals surface area contributed by atoms with Crippen LogP contribution in [0.3, 0.4) is 0 Å². The van der Waals surface area contributed by atoms with Crippen LogP contribution in [-0.2, 0) is 23.0 Å². The summed E-state index contributed by atoms with van der Waals surface area (Å²) in [4.78, 5) is 14.9. The fourth-order valence-corrected chi connectivity index (χ4v) is 5.35. The van der Waals surface area contributed by atoms with Crippen molar-refractivity contribution < 1.29 is 17.7 Å². The Morgan fingerprint density at radius 3 is 3.00 bits per heavy atom. The molecule has 3 rings (SSSR count). The summed E-state index contributed by atoms with van der Waals surface area (Å²) in [5.74, 6) is 0.606. The van der Waals surface area contributed by atoms with Gasteiger partial charge in [-0.15, -0.1) is 11.3 Å². The first-order valence-electron chi connectivity index (χ1n) is 7.82. The van der Waals surface area contributed by atoms with Crippen LogP contribution in [0.4, 0.5) is 4.79 Å². The van der Waals surface area contributed by atoms with Crippen molar-refractivity contribution in [2.45, 2.75) is 30.8 Å². The molecule has 0 aliphatic carbocycles. The number of sulfonamides is 1. The third-order valence-electron chi connectivity index (χ3n) is 4.11. The van der Waals surface area contributed by atoms with Crippen molar-refractivity contribution in [2.75, 3.05) is 20.6 Å². The highest BCUT2D eigenvalue weighted by atomic mass is 32.2. The van der Waals surface area contributed by atoms with E-state index >= 15 is 0 Å². The number of carbonyl (C=O) groups excluding carboxylic acids is 1. The Labute approximate surface area is 150 Å². The second-order valence-corrected chi connectivity index (χ2v) is 8.89. The fourth-order valence-electron chi connectivity index (χ4n) is 2.66. The van der Waals surface area contributed by atoms with Crippen LogP contribution in [0.1, 0.15) is 29.3 Å². The van der Waals surface area contributed by atoms with Gasteiger partial charge in [0.05, 0.1) is 23.2 Å². The highest BCUT2D eigenvalue weighted by Gasteiger charge is 2.36. The number of nitrogens with zero attached hydrogens (tertiary/aromatic N) is 3. The molecule has 2 amide bonds. The van der Waals surface area contributed by atoms with Gasteiger partial charge in [0.25, 0.3) is 0 Å². The first-order chi connectivity index (χ1) is 11.8. The van der Waals surface area contributed by atoms with Crippen molar-refractivity contribution in [3.05, 3.63) is 33.8 Å². The van der Waals surface area contributed by atoms with Crippen LogP contribution in [0.15, 0.2) is 26.9 Å². The maximum absolute atomic E-state index is 12.5. The summed E-state index contributed by atoms with van der Waals surface area (Å²) in [5.41, 5.74) is 0.839. The number of nitrogens with one attached hydrogen (secondary N) is 1. The van der Waals surface area contributed by atoms with Crippen LogP contribution >= 0.6 is 11.3 Å². The number of urea groups is 1. The Bertz CT molecular complexity index is 874. The summed E-state index contributed by atoms with van der Waals surface area (Å²) < 4.78 is 31.0. The number of hydrogen-bond acceptors (Lipinski definition) is 6. The molecule has 0 saturated heterocycles. The highest BCUT2D eigenvalue weighted by Crippen LogP contribution is 2.35. The number of rotatable bonds is 4. The molecule has 2 aromatic rings. The third kappa shape index (κ3) is 3.42. The second-order valence-electron chi connectivity index (χ2n) is 5.93. The fraction of sp³-hybridized carbons (Fsp3) is 0.467. The van der Waals surface area contributed by atoms with Gasteiger partial charge in [-0.1, -0.05) is 12.1 Å². The first-order valence-corrected chi connectivity index (χ1v) is 10.1. The summed E-state index contributed by atoms with van der Waals surface area (Å²) in [7, 11) is -0.291. The summed E-state index contributed by atoms with van der Waals surface area (Å²) in [5, 5.41) is 8.53. The second kappa shape index (κ2) is 6.77. The van der Waals surface area contributed by atoms with Crippen LogP contribution in [0.5, 0.6) is 0 Å². The van der Waals surface area contributed by atoms with Gasteiger partial charge in [-0.3, -0.25) is 0 Å². The molecule has 0 radical (unpaired) electrons. The number of amides is 2. The lowest BCUT2D eigenvalue weighted by molar-refractivity contribution is 0.194. The van der Waals surface area contributed by atoms with Crippen LogP contribution in [0.2, 0.25) is 0 Å². The summed E-state index contributed by atoms with van der Waals surface area (Å²) in [6.45, 7) is 2.47. The van der Waals surface area contributed by atoms with Gasteiger partial charge < -0.3 is 14.7 Å². The standard InChI is InChI=1S/C15H20N4O4S2/c1-4-10-7-11(23-17-10)8-18(2)15(20)16-12-9-19(3)25(21,22)13-5-6-24-14(12)13/h5-7,12H,4,8-9H2,1-3H3,(H,16,20)/t12-/m1/s1. The van der Waals surface area contributed by atoms with E-state index in [1.54, 1.807) is 18.5 Å². The number of fused-ring (bicyclic) bond motifs is 1. The Morgan fingerprint density at radius 2 is 2.32 bits per heavy atom. The number of aromatic nitrogens is 1. The molecule has 0 bridgehead atoms. The van der Waals surface area contributed by atoms with Crippen molar-refractivity contribution in [1.29, 1.82) is 0 Å². The zero-order valence-electron chi connectivity index (χ0n) is 14.2. The molecule has 10 heteroatoms. The van der Waals surface area contributed by atoms with Crippen molar-refractivity contribution in [2.24, 2.45) is 0 Å². The number of aryl methyl sites for hydroxylation is 1. The normalized spacial score (nSPS) is 19.4. The molecule has 0 spiro atoms. The summed E-state index contributed by atoms with van der Waals surface area (Å²) in [6.07, 6.45) is 0.767. The van der Waals surface area contributed by atoms with Crippen LogP contribution in [0.25, 0.3) is 0 Å². The lowest BCUT2D eigenvalue weighted by atomic mass is 10.2. The maximum atomic E-state index is 12.5. The number of thiophene rings is 1. The summed E-state index contributed by atoms with van der Waals surface area (Å²) >= 11 is 1.33. The van der Waals surface area contributed by atoms with Gasteiger partial charge in [0.2, 0.25) is 10.0 Å². The van der Waals surface area contributed by atoms with E-state index in [1.165, 1.54) is 27.6 Å². The van der Waals surface area contributed by atoms with Crippen molar-refractivity contribution in [1.82, 2.24) is 19.7 Å². The van der Waals surface area contributed by atoms with Crippen molar-refractivity contribution in [3.63, 3.8) is 0 Å². The molecule has 0 saturated carbocycles. The molecule has 1 aliphatic heterocycles. The molecule has 1 aliphatic rings. The lowest BCUT2D eigenvalue weighted by Crippen LogP contribution is -2.46. The molecule has 0 unspecified atom stereocenters. The van der Waals surface area contributed by atoms with E-state index in [2.05, 4.69) is 10.5 Å². The third-order valence-corrected chi connectivity index (χ3v) is 7.15. The predicted octanol–water partition coefficient (Wildman–Crippen LogP) is 1.82. The zero-order chi connectivity index (χ0) is 18.2. The molecule has 1 atom stereocenters. The molecular formula is C15H20N4O4S2. The molecule has 1 N–H and O–H groups in total. The van der Waals surface area contributed by atoms with E-state index in [9.17, 15) is 13.2 Å². The minimum Gasteiger partial charge on any atom is -0.359 e. The molecule has 3 heterocycles. The Hall–Kier alpha value is -1.91. The van der Waals surface area contributed by atoms with Crippen LogP contribution in [-0.4, -0.2) is 49.5 Å². The van der Waals surface area contributed by atoms with E-state index in [0.29, 0.717) is 10.6 Å². The topological polar surface area (TPSA) is 95.8 Å². The van der Waals surface area contributed by atoms with Crippen molar-refractivity contribution >= 4 is 27.4 Å². The highest BCUT2D eigenvalue weighted by molar-refractivity contribution is 7.89. The van der Waals surface area contributed by atoms with E-state index in [4.69, 9.17) is 4.52 Å². The van der Waals surface area contributed by atoms with Crippen LogP contribution < -0.4 is 5.32 Å². The molecule has 0 aromatic carbocycles. The lowest BCUT2D eigenvalue weighted by Gasteiger charge is -2.31. The SMILES string of the molecule is CCc1cc(CN(C)C(=O)N[C@@H]2CN(C)S(=O)(=O)c3ccsc32)on1. The van der Waals surface area contributed by atoms with Gasteiger partial charge in [0.15, 0.2) is 5.76 Å². The quantitative estimate of drug-likeness (QED) is 0.867. The number of hydrogen-bond donors (Lipinski definition) is 1. The van der Waals surface area contributed by atoms with Gasteiger partial charge in [-0.05, 0) is 17.9 Å². The molecule has 136 valence electrons. The Balaban J connectivity index is 1.70. The minimum atomic E-state index is -3.46. The molecule has 2 aromatic heterocycles. The first kappa shape index (κ1) is 17.9. The molecule has 8 nitrogen and oxygen atoms in total. The molecular weight excluding hydrogens is 364 g/mol. The predicted molar refractivity (Wildman–Crippen MR) is 92.8 cm³/mol. The maximum Gasteiger partial charge on any atom is 0.318 e. The number of likely N-dealkylation sites (N-methyl/N-ethyl adjacent to an activating group) is 1. The Kier molecular flexibility index (Phi) is 4.85. The van der Waals surface area contributed by atoms with Gasteiger partial charge in [-0.25, -0.2) is 13.2 Å². The van der Waals surface area contributed by atoms with Crippen LogP contribution in [0, 0.1) is 0 Å². The largest absolute Gasteiger partial charge is 0.359 e. The number of carbonyl (C=O) groups is 1. The molecule has 25 heavy (non-hydrogen) atoms. The van der Waals surface area contributed by atoms with E-state index in [-0.39, 0.29) is 30.1 Å². The zero-order valence-corrected chi connectivity index (χ0v) is 15.9. The average molecular weight is 384 g/mol. The van der Waals surface area contributed by atoms with Crippen molar-refractivity contribution in [3.8, 4) is 0 Å². The van der Waals surface area contributed by atoms with E-state index in [1.807, 2.05) is 13.0 Å². The van der Waals surface area contributed by atoms with Gasteiger partial charge >= 0.3 is 6.03 Å². The molecule has 0 fully saturated rings. The van der Waals surface area contributed by atoms with E-state index < -0.39 is 10.0 Å². The van der Waals surface area contributed by atoms with Gasteiger partial charge in [0, 0.05) is 31.6 Å². The summed E-state index contributed by atoms with van der Waals surface area (Å²) in [6, 6.07) is 2.72. The Morgan fingerprint density at radius 1 is 1.56 bits per heavy atom.